The van der Waals surface area contributed by atoms with E-state index in [4.69, 9.17) is 10.5 Å². The maximum absolute atomic E-state index is 13.5. The summed E-state index contributed by atoms with van der Waals surface area (Å²) in [7, 11) is 0. The van der Waals surface area contributed by atoms with Crippen LogP contribution in [0.2, 0.25) is 0 Å². The first kappa shape index (κ1) is 21.4. The number of aryl methyl sites for hydroxylation is 1. The van der Waals surface area contributed by atoms with Crippen LogP contribution in [-0.2, 0) is 27.2 Å². The summed E-state index contributed by atoms with van der Waals surface area (Å²) in [6.45, 7) is 2.20. The van der Waals surface area contributed by atoms with Crippen molar-refractivity contribution in [3.05, 3.63) is 94.5 Å². The molecule has 0 bridgehead atoms. The molecule has 3 aromatic rings. The Hall–Kier alpha value is -3.44. The number of fused-ring (bicyclic) bond motifs is 4. The summed E-state index contributed by atoms with van der Waals surface area (Å²) in [6.07, 6.45) is 1.54. The van der Waals surface area contributed by atoms with Crippen LogP contribution in [0, 0.1) is 0 Å². The van der Waals surface area contributed by atoms with Gasteiger partial charge >= 0.3 is 11.9 Å². The fraction of sp³-hybridized carbons (Fsp3) is 0.286. The van der Waals surface area contributed by atoms with Gasteiger partial charge in [-0.3, -0.25) is 9.59 Å². The normalized spacial score (nSPS) is 21.1. The van der Waals surface area contributed by atoms with E-state index in [0.717, 1.165) is 39.8 Å². The Kier molecular flexibility index (Phi) is 5.29. The average Bonchev–Trinajstić information content (AvgIpc) is 3.15. The van der Waals surface area contributed by atoms with Gasteiger partial charge in [0, 0.05) is 5.92 Å². The maximum Gasteiger partial charge on any atom is 0.324 e. The first-order chi connectivity index (χ1) is 16.0. The van der Waals surface area contributed by atoms with Gasteiger partial charge in [0.25, 0.3) is 0 Å². The van der Waals surface area contributed by atoms with Crippen molar-refractivity contribution in [3.63, 3.8) is 0 Å². The number of hydrogen-bond donors (Lipinski definition) is 2. The summed E-state index contributed by atoms with van der Waals surface area (Å²) < 4.78 is 5.87. The molecule has 0 spiro atoms. The Balaban J connectivity index is 1.48. The Morgan fingerprint density at radius 2 is 1.58 bits per heavy atom. The minimum Gasteiger partial charge on any atom is -0.480 e. The number of carboxylic acid groups (broad SMARTS) is 1. The van der Waals surface area contributed by atoms with Gasteiger partial charge in [0.15, 0.2) is 0 Å². The third-order valence-corrected chi connectivity index (χ3v) is 7.29. The number of rotatable bonds is 5. The Labute approximate surface area is 193 Å². The van der Waals surface area contributed by atoms with E-state index in [1.54, 1.807) is 0 Å². The highest BCUT2D eigenvalue weighted by Gasteiger charge is 2.51. The van der Waals surface area contributed by atoms with Gasteiger partial charge in [0.05, 0.1) is 0 Å². The molecule has 2 aliphatic rings. The van der Waals surface area contributed by atoms with Crippen molar-refractivity contribution in [2.75, 3.05) is 6.61 Å². The monoisotopic (exact) mass is 441 g/mol. The molecule has 5 nitrogen and oxygen atoms in total. The lowest BCUT2D eigenvalue weighted by molar-refractivity contribution is -0.156. The Bertz CT molecular complexity index is 1200. The standard InChI is InChI=1S/C28H27NO4/c1-2-17-8-7-13-23-18(17)14-15-28(29,27(31)32)25(23)26(30)33-16-24-21-11-5-3-9-19(21)20-10-4-6-12-22(20)24/h3-13,24-25H,2,14-16,29H2,1H3,(H,31,32). The molecule has 3 aromatic carbocycles. The molecule has 0 saturated heterocycles. The number of nitrogens with two attached hydrogens (primary N) is 1. The summed E-state index contributed by atoms with van der Waals surface area (Å²) in [5, 5.41) is 9.98. The average molecular weight is 442 g/mol. The van der Waals surface area contributed by atoms with Crippen LogP contribution in [0.1, 0.15) is 53.0 Å². The molecule has 2 aliphatic carbocycles. The van der Waals surface area contributed by atoms with Crippen molar-refractivity contribution < 1.29 is 19.4 Å². The first-order valence-corrected chi connectivity index (χ1v) is 11.4. The summed E-state index contributed by atoms with van der Waals surface area (Å²) in [6, 6.07) is 22.0. The van der Waals surface area contributed by atoms with Crippen LogP contribution in [0.3, 0.4) is 0 Å². The van der Waals surface area contributed by atoms with Crippen molar-refractivity contribution in [2.24, 2.45) is 5.73 Å². The lowest BCUT2D eigenvalue weighted by Gasteiger charge is -2.38. The second-order valence-corrected chi connectivity index (χ2v) is 8.97. The topological polar surface area (TPSA) is 89.6 Å². The Morgan fingerprint density at radius 1 is 0.970 bits per heavy atom. The van der Waals surface area contributed by atoms with E-state index in [0.29, 0.717) is 12.0 Å². The van der Waals surface area contributed by atoms with Crippen LogP contribution in [0.5, 0.6) is 0 Å². The number of carbonyl (C=O) groups is 2. The molecule has 5 rings (SSSR count). The molecule has 0 fully saturated rings. The number of benzene rings is 3. The maximum atomic E-state index is 13.5. The number of esters is 1. The van der Waals surface area contributed by atoms with E-state index in [1.165, 1.54) is 0 Å². The third kappa shape index (κ3) is 3.35. The van der Waals surface area contributed by atoms with E-state index in [-0.39, 0.29) is 18.9 Å². The van der Waals surface area contributed by atoms with E-state index in [2.05, 4.69) is 31.2 Å². The predicted octanol–water partition coefficient (Wildman–Crippen LogP) is 4.42. The number of hydrogen-bond acceptors (Lipinski definition) is 4. The number of aliphatic carboxylic acids is 1. The first-order valence-electron chi connectivity index (χ1n) is 11.4. The minimum absolute atomic E-state index is 0.0941. The van der Waals surface area contributed by atoms with Crippen LogP contribution in [0.4, 0.5) is 0 Å². The van der Waals surface area contributed by atoms with Gasteiger partial charge in [-0.05, 0) is 58.2 Å². The molecule has 0 aromatic heterocycles. The van der Waals surface area contributed by atoms with Gasteiger partial charge in [-0.1, -0.05) is 73.7 Å². The number of ether oxygens (including phenoxy) is 1. The van der Waals surface area contributed by atoms with Crippen LogP contribution >= 0.6 is 0 Å². The molecule has 168 valence electrons. The largest absolute Gasteiger partial charge is 0.480 e. The molecule has 2 atom stereocenters. The van der Waals surface area contributed by atoms with Gasteiger partial charge in [0.2, 0.25) is 0 Å². The van der Waals surface area contributed by atoms with Crippen LogP contribution in [0.15, 0.2) is 66.7 Å². The summed E-state index contributed by atoms with van der Waals surface area (Å²) in [4.78, 5) is 25.7. The zero-order valence-corrected chi connectivity index (χ0v) is 18.6. The molecule has 0 amide bonds. The van der Waals surface area contributed by atoms with Gasteiger partial charge in [0.1, 0.15) is 18.1 Å². The molecule has 5 heteroatoms. The second kappa shape index (κ2) is 8.16. The lowest BCUT2D eigenvalue weighted by atomic mass is 9.69. The van der Waals surface area contributed by atoms with Gasteiger partial charge in [-0.25, -0.2) is 0 Å². The quantitative estimate of drug-likeness (QED) is 0.572. The van der Waals surface area contributed by atoms with Crippen LogP contribution in [-0.4, -0.2) is 29.2 Å². The molecule has 0 saturated carbocycles. The Morgan fingerprint density at radius 3 is 2.18 bits per heavy atom. The summed E-state index contributed by atoms with van der Waals surface area (Å²) in [5.41, 5.74) is 12.0. The van der Waals surface area contributed by atoms with E-state index in [1.807, 2.05) is 42.5 Å². The van der Waals surface area contributed by atoms with Crippen molar-refractivity contribution in [2.45, 2.75) is 43.6 Å². The number of carboxylic acids is 1. The fourth-order valence-electron chi connectivity index (χ4n) is 5.57. The van der Waals surface area contributed by atoms with Crippen molar-refractivity contribution in [1.82, 2.24) is 0 Å². The van der Waals surface area contributed by atoms with Gasteiger partial charge < -0.3 is 15.6 Å². The molecule has 0 heterocycles. The van der Waals surface area contributed by atoms with Crippen molar-refractivity contribution in [1.29, 1.82) is 0 Å². The zero-order chi connectivity index (χ0) is 23.2. The van der Waals surface area contributed by atoms with Gasteiger partial charge in [-0.2, -0.15) is 0 Å². The van der Waals surface area contributed by atoms with Crippen molar-refractivity contribution >= 4 is 11.9 Å². The molecule has 2 unspecified atom stereocenters. The zero-order valence-electron chi connectivity index (χ0n) is 18.6. The molecular formula is C28H27NO4. The molecule has 0 aliphatic heterocycles. The molecule has 3 N–H and O–H groups in total. The predicted molar refractivity (Wildman–Crippen MR) is 126 cm³/mol. The number of carbonyl (C=O) groups excluding carboxylic acids is 1. The highest BCUT2D eigenvalue weighted by Crippen LogP contribution is 2.45. The summed E-state index contributed by atoms with van der Waals surface area (Å²) in [5.74, 6) is -2.88. The highest BCUT2D eigenvalue weighted by atomic mass is 16.5. The molecular weight excluding hydrogens is 414 g/mol. The molecule has 33 heavy (non-hydrogen) atoms. The van der Waals surface area contributed by atoms with Crippen LogP contribution in [0.25, 0.3) is 11.1 Å². The fourth-order valence-corrected chi connectivity index (χ4v) is 5.57. The van der Waals surface area contributed by atoms with Gasteiger partial charge in [-0.15, -0.1) is 0 Å². The second-order valence-electron chi connectivity index (χ2n) is 8.97. The lowest BCUT2D eigenvalue weighted by Crippen LogP contribution is -2.58. The smallest absolute Gasteiger partial charge is 0.324 e. The highest BCUT2D eigenvalue weighted by molar-refractivity contribution is 5.92. The third-order valence-electron chi connectivity index (χ3n) is 7.29. The van der Waals surface area contributed by atoms with E-state index >= 15 is 0 Å². The SMILES string of the molecule is CCc1cccc2c1CCC(N)(C(=O)O)C2C(=O)OCC1c2ccccc2-c2ccccc21. The van der Waals surface area contributed by atoms with E-state index < -0.39 is 23.4 Å². The summed E-state index contributed by atoms with van der Waals surface area (Å²) >= 11 is 0. The van der Waals surface area contributed by atoms with Crippen molar-refractivity contribution in [3.8, 4) is 11.1 Å². The van der Waals surface area contributed by atoms with E-state index in [9.17, 15) is 14.7 Å². The minimum atomic E-state index is -1.69. The van der Waals surface area contributed by atoms with Crippen LogP contribution < -0.4 is 5.73 Å². The molecule has 0 radical (unpaired) electrons.